The normalized spacial score (nSPS) is 9.58. The SMILES string of the molecule is CC(C)c1cnccn1.CCCc1cnccn1.CCc1cnccn1. The Labute approximate surface area is 156 Å². The Kier molecular flexibility index (Phi) is 11.1. The number of aryl methyl sites for hydroxylation is 2. The highest BCUT2D eigenvalue weighted by Crippen LogP contribution is 2.06. The molecule has 0 saturated carbocycles. The molecule has 0 aliphatic heterocycles. The van der Waals surface area contributed by atoms with E-state index in [-0.39, 0.29) is 0 Å². The van der Waals surface area contributed by atoms with Crippen molar-refractivity contribution >= 4 is 0 Å². The van der Waals surface area contributed by atoms with E-state index < -0.39 is 0 Å². The van der Waals surface area contributed by atoms with Crippen molar-refractivity contribution in [3.63, 3.8) is 0 Å². The van der Waals surface area contributed by atoms with E-state index in [4.69, 9.17) is 0 Å². The summed E-state index contributed by atoms with van der Waals surface area (Å²) in [6.07, 6.45) is 18.7. The van der Waals surface area contributed by atoms with Gasteiger partial charge in [0, 0.05) is 55.8 Å². The predicted molar refractivity (Wildman–Crippen MR) is 104 cm³/mol. The number of nitrogens with zero attached hydrogens (tertiary/aromatic N) is 6. The lowest BCUT2D eigenvalue weighted by molar-refractivity contribution is 0.812. The van der Waals surface area contributed by atoms with Gasteiger partial charge in [0.1, 0.15) is 0 Å². The van der Waals surface area contributed by atoms with Gasteiger partial charge in [-0.2, -0.15) is 0 Å². The van der Waals surface area contributed by atoms with Crippen LogP contribution < -0.4 is 0 Å². The molecule has 0 aromatic carbocycles. The fourth-order valence-corrected chi connectivity index (χ4v) is 1.84. The second-order valence-electron chi connectivity index (χ2n) is 5.78. The van der Waals surface area contributed by atoms with Crippen LogP contribution in [0.2, 0.25) is 0 Å². The van der Waals surface area contributed by atoms with Gasteiger partial charge in [-0.25, -0.2) is 0 Å². The molecule has 0 amide bonds. The second-order valence-corrected chi connectivity index (χ2v) is 5.78. The van der Waals surface area contributed by atoms with Crippen molar-refractivity contribution in [1.29, 1.82) is 0 Å². The minimum atomic E-state index is 0.485. The van der Waals surface area contributed by atoms with E-state index in [2.05, 4.69) is 57.6 Å². The maximum atomic E-state index is 4.12. The van der Waals surface area contributed by atoms with Crippen molar-refractivity contribution in [2.45, 2.75) is 52.9 Å². The zero-order valence-corrected chi connectivity index (χ0v) is 16.1. The summed E-state index contributed by atoms with van der Waals surface area (Å²) in [5.74, 6) is 0.485. The molecule has 0 aliphatic carbocycles. The lowest BCUT2D eigenvalue weighted by Crippen LogP contribution is -1.91. The van der Waals surface area contributed by atoms with Gasteiger partial charge >= 0.3 is 0 Å². The highest BCUT2D eigenvalue weighted by Gasteiger charge is 1.96. The standard InChI is InChI=1S/2C7H10N2.C6H8N2/c1-6(2)7-5-8-3-4-9-7;1-2-3-7-6-8-4-5-9-7;1-2-6-5-7-3-4-8-6/h3-6H,1-2H3;4-6H,2-3H2,1H3;3-5H,2H2,1H3. The van der Waals surface area contributed by atoms with E-state index in [0.717, 1.165) is 36.3 Å². The molecule has 0 atom stereocenters. The molecule has 6 heteroatoms. The molecule has 26 heavy (non-hydrogen) atoms. The highest BCUT2D eigenvalue weighted by molar-refractivity contribution is 4.99. The monoisotopic (exact) mass is 352 g/mol. The summed E-state index contributed by atoms with van der Waals surface area (Å²) in [5, 5.41) is 0. The smallest absolute Gasteiger partial charge is 0.0612 e. The zero-order chi connectivity index (χ0) is 19.0. The first-order valence-electron chi connectivity index (χ1n) is 8.93. The summed E-state index contributed by atoms with van der Waals surface area (Å²) < 4.78 is 0. The number of rotatable bonds is 4. The van der Waals surface area contributed by atoms with Crippen LogP contribution in [0.3, 0.4) is 0 Å². The molecule has 0 saturated heterocycles. The van der Waals surface area contributed by atoms with Gasteiger partial charge in [-0.15, -0.1) is 0 Å². The van der Waals surface area contributed by atoms with Crippen molar-refractivity contribution in [3.05, 3.63) is 72.9 Å². The summed E-state index contributed by atoms with van der Waals surface area (Å²) in [7, 11) is 0. The molecule has 0 aliphatic rings. The Morgan fingerprint density at radius 1 is 0.692 bits per heavy atom. The van der Waals surface area contributed by atoms with Gasteiger partial charge in [0.15, 0.2) is 0 Å². The fraction of sp³-hybridized carbons (Fsp3) is 0.400. The van der Waals surface area contributed by atoms with Gasteiger partial charge in [-0.05, 0) is 18.8 Å². The minimum Gasteiger partial charge on any atom is -0.261 e. The van der Waals surface area contributed by atoms with Crippen LogP contribution in [0.5, 0.6) is 0 Å². The van der Waals surface area contributed by atoms with Crippen LogP contribution in [-0.4, -0.2) is 29.9 Å². The number of hydrogen-bond donors (Lipinski definition) is 0. The molecule has 0 fully saturated rings. The molecule has 3 aromatic rings. The van der Waals surface area contributed by atoms with Gasteiger partial charge in [0.2, 0.25) is 0 Å². The van der Waals surface area contributed by atoms with E-state index in [1.54, 1.807) is 49.6 Å². The molecule has 3 rings (SSSR count). The molecular formula is C20H28N6. The van der Waals surface area contributed by atoms with E-state index in [1.807, 2.05) is 6.20 Å². The average Bonchev–Trinajstić information content (AvgIpc) is 2.71. The van der Waals surface area contributed by atoms with Crippen LogP contribution in [0, 0.1) is 0 Å². The Bertz CT molecular complexity index is 674. The van der Waals surface area contributed by atoms with E-state index in [9.17, 15) is 0 Å². The molecule has 138 valence electrons. The first-order chi connectivity index (χ1) is 12.7. The fourth-order valence-electron chi connectivity index (χ4n) is 1.84. The van der Waals surface area contributed by atoms with Crippen LogP contribution in [0.25, 0.3) is 0 Å². The van der Waals surface area contributed by atoms with Gasteiger partial charge in [0.25, 0.3) is 0 Å². The first kappa shape index (κ1) is 21.3. The Morgan fingerprint density at radius 3 is 1.54 bits per heavy atom. The maximum absolute atomic E-state index is 4.12. The molecule has 0 radical (unpaired) electrons. The summed E-state index contributed by atoms with van der Waals surface area (Å²) in [6, 6.07) is 0. The van der Waals surface area contributed by atoms with Crippen molar-refractivity contribution in [2.24, 2.45) is 0 Å². The Hall–Kier alpha value is -2.76. The van der Waals surface area contributed by atoms with Crippen molar-refractivity contribution in [2.75, 3.05) is 0 Å². The van der Waals surface area contributed by atoms with Crippen LogP contribution in [0.4, 0.5) is 0 Å². The Morgan fingerprint density at radius 2 is 1.23 bits per heavy atom. The molecule has 3 aromatic heterocycles. The van der Waals surface area contributed by atoms with E-state index in [1.165, 1.54) is 0 Å². The third kappa shape index (κ3) is 9.52. The number of aromatic nitrogens is 6. The molecule has 0 unspecified atom stereocenters. The third-order valence-electron chi connectivity index (χ3n) is 3.28. The van der Waals surface area contributed by atoms with Gasteiger partial charge in [0.05, 0.1) is 17.1 Å². The molecule has 6 nitrogen and oxygen atoms in total. The second kappa shape index (κ2) is 13.5. The number of hydrogen-bond acceptors (Lipinski definition) is 6. The van der Waals surface area contributed by atoms with Gasteiger partial charge in [-0.1, -0.05) is 34.1 Å². The minimum absolute atomic E-state index is 0.485. The largest absolute Gasteiger partial charge is 0.261 e. The summed E-state index contributed by atoms with van der Waals surface area (Å²) in [6.45, 7) is 8.40. The van der Waals surface area contributed by atoms with Crippen LogP contribution in [-0.2, 0) is 12.8 Å². The molecule has 0 bridgehead atoms. The Balaban J connectivity index is 0.000000195. The average molecular weight is 352 g/mol. The van der Waals surface area contributed by atoms with Crippen molar-refractivity contribution < 1.29 is 0 Å². The highest BCUT2D eigenvalue weighted by atomic mass is 14.8. The molecule has 0 N–H and O–H groups in total. The van der Waals surface area contributed by atoms with Crippen LogP contribution >= 0.6 is 0 Å². The van der Waals surface area contributed by atoms with E-state index >= 15 is 0 Å². The summed E-state index contributed by atoms with van der Waals surface area (Å²) in [5.41, 5.74) is 3.19. The molecular weight excluding hydrogens is 324 g/mol. The quantitative estimate of drug-likeness (QED) is 0.704. The topological polar surface area (TPSA) is 77.3 Å². The van der Waals surface area contributed by atoms with Crippen molar-refractivity contribution in [3.8, 4) is 0 Å². The lowest BCUT2D eigenvalue weighted by Gasteiger charge is -1.99. The van der Waals surface area contributed by atoms with Crippen molar-refractivity contribution in [1.82, 2.24) is 29.9 Å². The summed E-state index contributed by atoms with van der Waals surface area (Å²) >= 11 is 0. The predicted octanol–water partition coefficient (Wildman–Crippen LogP) is 4.07. The third-order valence-corrected chi connectivity index (χ3v) is 3.28. The molecule has 3 heterocycles. The summed E-state index contributed by atoms with van der Waals surface area (Å²) in [4.78, 5) is 24.0. The first-order valence-corrected chi connectivity index (χ1v) is 8.93. The van der Waals surface area contributed by atoms with Crippen LogP contribution in [0.15, 0.2) is 55.8 Å². The van der Waals surface area contributed by atoms with Gasteiger partial charge < -0.3 is 0 Å². The van der Waals surface area contributed by atoms with E-state index in [0.29, 0.717) is 5.92 Å². The molecule has 0 spiro atoms. The lowest BCUT2D eigenvalue weighted by atomic mass is 10.1. The van der Waals surface area contributed by atoms with Gasteiger partial charge in [-0.3, -0.25) is 29.9 Å². The van der Waals surface area contributed by atoms with Crippen LogP contribution in [0.1, 0.15) is 57.1 Å². The zero-order valence-electron chi connectivity index (χ0n) is 16.1. The maximum Gasteiger partial charge on any atom is 0.0612 e.